The first-order valence-electron chi connectivity index (χ1n) is 13.1. The van der Waals surface area contributed by atoms with Crippen molar-refractivity contribution in [3.63, 3.8) is 0 Å². The maximum Gasteiger partial charge on any atom is 0.0658 e. The van der Waals surface area contributed by atoms with Crippen LogP contribution in [0.25, 0.3) is 32.9 Å². The van der Waals surface area contributed by atoms with Gasteiger partial charge < -0.3 is 10.6 Å². The molecule has 0 atom stereocenters. The van der Waals surface area contributed by atoms with Crippen LogP contribution in [0.1, 0.15) is 22.3 Å². The van der Waals surface area contributed by atoms with E-state index in [1.165, 1.54) is 32.7 Å². The molecule has 6 aromatic carbocycles. The molecule has 0 bridgehead atoms. The zero-order valence-corrected chi connectivity index (χ0v) is 21.3. The van der Waals surface area contributed by atoms with Crippen LogP contribution in [0.15, 0.2) is 146 Å². The number of hydrogen-bond donors (Lipinski definition) is 2. The summed E-state index contributed by atoms with van der Waals surface area (Å²) in [4.78, 5) is 0. The van der Waals surface area contributed by atoms with E-state index in [2.05, 4.69) is 156 Å². The van der Waals surface area contributed by atoms with Crippen molar-refractivity contribution in [3.8, 4) is 0 Å². The third-order valence-electron chi connectivity index (χ3n) is 7.05. The van der Waals surface area contributed by atoms with Gasteiger partial charge in [-0.3, -0.25) is 0 Å². The molecule has 6 rings (SSSR count). The molecule has 184 valence electrons. The summed E-state index contributed by atoms with van der Waals surface area (Å²) in [6, 6.07) is 51.5. The summed E-state index contributed by atoms with van der Waals surface area (Å²) in [7, 11) is 0. The van der Waals surface area contributed by atoms with Crippen molar-refractivity contribution in [1.29, 1.82) is 0 Å². The summed E-state index contributed by atoms with van der Waals surface area (Å²) < 4.78 is 0. The van der Waals surface area contributed by atoms with E-state index in [0.29, 0.717) is 0 Å². The van der Waals surface area contributed by atoms with Crippen molar-refractivity contribution in [3.05, 3.63) is 168 Å². The zero-order valence-electron chi connectivity index (χ0n) is 21.3. The molecule has 0 unspecified atom stereocenters. The number of hydrogen-bond acceptors (Lipinski definition) is 2. The van der Waals surface area contributed by atoms with E-state index >= 15 is 0 Å². The summed E-state index contributed by atoms with van der Waals surface area (Å²) in [5.41, 5.74) is 7.03. The predicted molar refractivity (Wildman–Crippen MR) is 161 cm³/mol. The maximum absolute atomic E-state index is 3.83. The molecule has 0 aliphatic heterocycles. The second-order valence-corrected chi connectivity index (χ2v) is 9.47. The average molecular weight is 491 g/mol. The second kappa shape index (κ2) is 11.1. The van der Waals surface area contributed by atoms with E-state index in [-0.39, 0.29) is 0 Å². The Bertz CT molecular complexity index is 1560. The minimum Gasteiger partial charge on any atom is -0.379 e. The molecule has 0 amide bonds. The lowest BCUT2D eigenvalue weighted by Crippen LogP contribution is -2.21. The molecule has 0 radical (unpaired) electrons. The van der Waals surface area contributed by atoms with E-state index in [1.54, 1.807) is 0 Å². The minimum absolute atomic E-state index is 0.720. The van der Waals surface area contributed by atoms with Crippen LogP contribution >= 0.6 is 0 Å². The maximum atomic E-state index is 3.83. The monoisotopic (exact) mass is 490 g/mol. The Morgan fingerprint density at radius 2 is 0.737 bits per heavy atom. The molecule has 2 heteroatoms. The Morgan fingerprint density at radius 1 is 0.368 bits per heavy atom. The van der Waals surface area contributed by atoms with Crippen molar-refractivity contribution in [1.82, 2.24) is 10.6 Å². The van der Waals surface area contributed by atoms with Crippen molar-refractivity contribution in [2.24, 2.45) is 0 Å². The van der Waals surface area contributed by atoms with Crippen LogP contribution in [0.5, 0.6) is 0 Å². The fraction of sp³-hybridized carbons (Fsp3) is 0.0556. The summed E-state index contributed by atoms with van der Waals surface area (Å²) in [5, 5.41) is 12.7. The lowest BCUT2D eigenvalue weighted by Gasteiger charge is -2.21. The fourth-order valence-corrected chi connectivity index (χ4v) is 5.14. The third kappa shape index (κ3) is 5.02. The first-order chi connectivity index (χ1) is 18.9. The lowest BCUT2D eigenvalue weighted by molar-refractivity contribution is 0.861. The van der Waals surface area contributed by atoms with Gasteiger partial charge in [0, 0.05) is 13.1 Å². The molecule has 38 heavy (non-hydrogen) atoms. The Morgan fingerprint density at radius 3 is 1.18 bits per heavy atom. The SMILES string of the molecule is c1ccc(/C(NCc2cccc3ccccc23)=C(\NCc2cccc3ccccc23)c2ccccc2)cc1. The van der Waals surface area contributed by atoms with E-state index in [4.69, 9.17) is 0 Å². The molecular weight excluding hydrogens is 460 g/mol. The summed E-state index contributed by atoms with van der Waals surface area (Å²) in [5.74, 6) is 0. The molecule has 0 saturated carbocycles. The molecule has 0 aromatic heterocycles. The van der Waals surface area contributed by atoms with E-state index in [9.17, 15) is 0 Å². The number of nitrogens with one attached hydrogen (secondary N) is 2. The molecule has 0 heterocycles. The molecule has 6 aromatic rings. The largest absolute Gasteiger partial charge is 0.379 e. The number of rotatable bonds is 8. The van der Waals surface area contributed by atoms with Gasteiger partial charge in [0.05, 0.1) is 11.4 Å². The fourth-order valence-electron chi connectivity index (χ4n) is 5.14. The molecule has 0 aliphatic carbocycles. The third-order valence-corrected chi connectivity index (χ3v) is 7.05. The summed E-state index contributed by atoms with van der Waals surface area (Å²) >= 11 is 0. The van der Waals surface area contributed by atoms with E-state index in [0.717, 1.165) is 35.6 Å². The molecule has 0 saturated heterocycles. The van der Waals surface area contributed by atoms with Crippen LogP contribution in [0.4, 0.5) is 0 Å². The normalized spacial score (nSPS) is 11.8. The Kier molecular flexibility index (Phi) is 6.86. The van der Waals surface area contributed by atoms with Gasteiger partial charge in [-0.1, -0.05) is 146 Å². The molecule has 0 fully saturated rings. The van der Waals surface area contributed by atoms with Gasteiger partial charge in [-0.2, -0.15) is 0 Å². The first-order valence-corrected chi connectivity index (χ1v) is 13.1. The topological polar surface area (TPSA) is 24.1 Å². The van der Waals surface area contributed by atoms with Gasteiger partial charge in [0.15, 0.2) is 0 Å². The van der Waals surface area contributed by atoms with Crippen LogP contribution in [0.2, 0.25) is 0 Å². The number of benzene rings is 6. The smallest absolute Gasteiger partial charge is 0.0658 e. The van der Waals surface area contributed by atoms with E-state index in [1.807, 2.05) is 0 Å². The first kappa shape index (κ1) is 23.6. The van der Waals surface area contributed by atoms with Crippen LogP contribution in [-0.2, 0) is 13.1 Å². The highest BCUT2D eigenvalue weighted by Gasteiger charge is 2.13. The van der Waals surface area contributed by atoms with Crippen LogP contribution < -0.4 is 10.6 Å². The van der Waals surface area contributed by atoms with Gasteiger partial charge in [-0.25, -0.2) is 0 Å². The molecular formula is C36H30N2. The van der Waals surface area contributed by atoms with Gasteiger partial charge in [-0.05, 0) is 43.8 Å². The molecule has 2 nitrogen and oxygen atoms in total. The summed E-state index contributed by atoms with van der Waals surface area (Å²) in [6.07, 6.45) is 0. The van der Waals surface area contributed by atoms with Gasteiger partial charge in [-0.15, -0.1) is 0 Å². The quantitative estimate of drug-likeness (QED) is 0.209. The second-order valence-electron chi connectivity index (χ2n) is 9.47. The Hall–Kier alpha value is -4.82. The van der Waals surface area contributed by atoms with Gasteiger partial charge in [0.1, 0.15) is 0 Å². The van der Waals surface area contributed by atoms with Gasteiger partial charge in [0.25, 0.3) is 0 Å². The standard InChI is InChI=1S/C36H30N2/c1-3-15-29(16-4-1)35(37-25-31-21-11-19-27-13-7-9-23-33(27)31)36(30-17-5-2-6-18-30)38-26-32-22-12-20-28-14-8-10-24-34(28)32/h1-24,37-38H,25-26H2/b36-35+. The van der Waals surface area contributed by atoms with E-state index < -0.39 is 0 Å². The zero-order chi connectivity index (χ0) is 25.6. The molecule has 2 N–H and O–H groups in total. The predicted octanol–water partition coefficient (Wildman–Crippen LogP) is 8.40. The molecule has 0 aliphatic rings. The Labute approximate surface area is 224 Å². The minimum atomic E-state index is 0.720. The lowest BCUT2D eigenvalue weighted by atomic mass is 10.0. The highest BCUT2D eigenvalue weighted by atomic mass is 15.0. The van der Waals surface area contributed by atoms with Crippen LogP contribution in [-0.4, -0.2) is 0 Å². The van der Waals surface area contributed by atoms with Gasteiger partial charge >= 0.3 is 0 Å². The van der Waals surface area contributed by atoms with Crippen LogP contribution in [0, 0.1) is 0 Å². The average Bonchev–Trinajstić information content (AvgIpc) is 2.99. The highest BCUT2D eigenvalue weighted by Crippen LogP contribution is 2.26. The van der Waals surface area contributed by atoms with Gasteiger partial charge in [0.2, 0.25) is 0 Å². The van der Waals surface area contributed by atoms with Crippen molar-refractivity contribution >= 4 is 32.9 Å². The molecule has 0 spiro atoms. The highest BCUT2D eigenvalue weighted by molar-refractivity contribution is 5.91. The summed E-state index contributed by atoms with van der Waals surface area (Å²) in [6.45, 7) is 1.44. The van der Waals surface area contributed by atoms with Crippen LogP contribution in [0.3, 0.4) is 0 Å². The number of fused-ring (bicyclic) bond motifs is 2. The Balaban J connectivity index is 1.42. The van der Waals surface area contributed by atoms with Crippen molar-refractivity contribution in [2.75, 3.05) is 0 Å². The van der Waals surface area contributed by atoms with Crippen molar-refractivity contribution < 1.29 is 0 Å². The van der Waals surface area contributed by atoms with Crippen molar-refractivity contribution in [2.45, 2.75) is 13.1 Å².